The van der Waals surface area contributed by atoms with Gasteiger partial charge in [0.2, 0.25) is 11.8 Å². The summed E-state index contributed by atoms with van der Waals surface area (Å²) in [6, 6.07) is 9.55. The number of ether oxygens (including phenoxy) is 1. The molecule has 1 aromatic rings. The first-order valence-electron chi connectivity index (χ1n) is 10.3. The number of rotatable bonds is 7. The van der Waals surface area contributed by atoms with Gasteiger partial charge in [0, 0.05) is 26.7 Å². The van der Waals surface area contributed by atoms with Gasteiger partial charge in [-0.3, -0.25) is 9.59 Å². The van der Waals surface area contributed by atoms with E-state index < -0.39 is 0 Å². The van der Waals surface area contributed by atoms with Gasteiger partial charge in [-0.15, -0.1) is 0 Å². The van der Waals surface area contributed by atoms with Crippen LogP contribution >= 0.6 is 0 Å². The van der Waals surface area contributed by atoms with Crippen LogP contribution in [-0.2, 0) is 9.59 Å². The first-order valence-corrected chi connectivity index (χ1v) is 10.3. The van der Waals surface area contributed by atoms with E-state index in [9.17, 15) is 9.59 Å². The van der Waals surface area contributed by atoms with Gasteiger partial charge in [-0.25, -0.2) is 0 Å². The zero-order valence-corrected chi connectivity index (χ0v) is 16.4. The highest BCUT2D eigenvalue weighted by molar-refractivity contribution is 5.81. The summed E-state index contributed by atoms with van der Waals surface area (Å²) in [5.41, 5.74) is 0. The summed E-state index contributed by atoms with van der Waals surface area (Å²) in [6.07, 6.45) is 7.22. The minimum absolute atomic E-state index is 0.0517. The molecule has 1 heterocycles. The van der Waals surface area contributed by atoms with Crippen LogP contribution in [0.4, 0.5) is 0 Å². The van der Waals surface area contributed by atoms with Crippen LogP contribution < -0.4 is 4.74 Å². The number of benzene rings is 1. The van der Waals surface area contributed by atoms with Gasteiger partial charge in [-0.05, 0) is 43.7 Å². The Kier molecular flexibility index (Phi) is 7.13. The van der Waals surface area contributed by atoms with Crippen molar-refractivity contribution in [1.29, 1.82) is 0 Å². The van der Waals surface area contributed by atoms with Crippen molar-refractivity contribution in [2.75, 3.05) is 33.3 Å². The van der Waals surface area contributed by atoms with Crippen LogP contribution in [0, 0.1) is 11.8 Å². The highest BCUT2D eigenvalue weighted by Gasteiger charge is 2.31. The maximum atomic E-state index is 12.8. The van der Waals surface area contributed by atoms with E-state index in [0.717, 1.165) is 31.7 Å². The minimum Gasteiger partial charge on any atom is -0.493 e. The van der Waals surface area contributed by atoms with E-state index in [0.29, 0.717) is 25.5 Å². The molecular weight excluding hydrogens is 340 g/mol. The third-order valence-corrected chi connectivity index (χ3v) is 5.83. The first kappa shape index (κ1) is 19.7. The second kappa shape index (κ2) is 9.77. The van der Waals surface area contributed by atoms with Crippen molar-refractivity contribution >= 4 is 11.8 Å². The first-order chi connectivity index (χ1) is 13.1. The maximum Gasteiger partial charge on any atom is 0.227 e. The van der Waals surface area contributed by atoms with E-state index in [1.165, 1.54) is 25.7 Å². The maximum absolute atomic E-state index is 12.8. The molecule has 0 N–H and O–H groups in total. The molecule has 0 radical (unpaired) electrons. The normalized spacial score (nSPS) is 20.5. The summed E-state index contributed by atoms with van der Waals surface area (Å²) in [4.78, 5) is 29.1. The van der Waals surface area contributed by atoms with Crippen LogP contribution in [0.1, 0.15) is 44.9 Å². The molecular formula is C22H32N2O3. The molecule has 0 bridgehead atoms. The number of piperidine rings is 1. The Morgan fingerprint density at radius 1 is 1.11 bits per heavy atom. The van der Waals surface area contributed by atoms with Gasteiger partial charge in [0.05, 0.1) is 18.9 Å². The van der Waals surface area contributed by atoms with Gasteiger partial charge in [0.1, 0.15) is 5.75 Å². The van der Waals surface area contributed by atoms with Crippen LogP contribution in [0.25, 0.3) is 0 Å². The number of likely N-dealkylation sites (tertiary alicyclic amines) is 1. The Bertz CT molecular complexity index is 613. The highest BCUT2D eigenvalue weighted by Crippen LogP contribution is 2.26. The molecule has 1 aromatic carbocycles. The smallest absolute Gasteiger partial charge is 0.227 e. The fraction of sp³-hybridized carbons (Fsp3) is 0.636. The van der Waals surface area contributed by atoms with E-state index in [2.05, 4.69) is 0 Å². The van der Waals surface area contributed by atoms with Crippen molar-refractivity contribution in [3.8, 4) is 5.75 Å². The fourth-order valence-electron chi connectivity index (χ4n) is 4.32. The Labute approximate surface area is 162 Å². The van der Waals surface area contributed by atoms with Crippen molar-refractivity contribution < 1.29 is 14.3 Å². The molecule has 1 saturated heterocycles. The number of carbonyl (C=O) groups is 2. The Hall–Kier alpha value is -2.04. The van der Waals surface area contributed by atoms with Crippen LogP contribution in [-0.4, -0.2) is 54.9 Å². The molecule has 1 aliphatic carbocycles. The SMILES string of the molecule is CN(CC1CCCC1)C(=O)C1CCCN(C(=O)CCOc2ccccc2)C1. The lowest BCUT2D eigenvalue weighted by Crippen LogP contribution is -2.46. The van der Waals surface area contributed by atoms with E-state index in [-0.39, 0.29) is 17.7 Å². The number of carbonyl (C=O) groups excluding carboxylic acids is 2. The standard InChI is InChI=1S/C22H32N2O3/c1-23(16-18-8-5-6-9-18)22(26)19-10-7-14-24(17-19)21(25)13-15-27-20-11-3-2-4-12-20/h2-4,11-12,18-19H,5-10,13-17H2,1H3. The molecule has 5 nitrogen and oxygen atoms in total. The average Bonchev–Trinajstić information content (AvgIpc) is 3.21. The molecule has 3 rings (SSSR count). The lowest BCUT2D eigenvalue weighted by molar-refractivity contribution is -0.140. The number of para-hydroxylation sites is 1. The van der Waals surface area contributed by atoms with Crippen molar-refractivity contribution in [3.05, 3.63) is 30.3 Å². The summed E-state index contributed by atoms with van der Waals surface area (Å²) in [5, 5.41) is 0. The highest BCUT2D eigenvalue weighted by atomic mass is 16.5. The van der Waals surface area contributed by atoms with Crippen molar-refractivity contribution in [2.45, 2.75) is 44.9 Å². The van der Waals surface area contributed by atoms with Gasteiger partial charge < -0.3 is 14.5 Å². The molecule has 2 amide bonds. The second-order valence-corrected chi connectivity index (χ2v) is 7.96. The number of hydrogen-bond donors (Lipinski definition) is 0. The molecule has 5 heteroatoms. The third-order valence-electron chi connectivity index (χ3n) is 5.83. The molecule has 0 aromatic heterocycles. The summed E-state index contributed by atoms with van der Waals surface area (Å²) in [7, 11) is 1.93. The lowest BCUT2D eigenvalue weighted by atomic mass is 9.95. The minimum atomic E-state index is -0.0517. The van der Waals surface area contributed by atoms with Gasteiger partial charge in [0.25, 0.3) is 0 Å². The average molecular weight is 373 g/mol. The summed E-state index contributed by atoms with van der Waals surface area (Å²) >= 11 is 0. The number of hydrogen-bond acceptors (Lipinski definition) is 3. The molecule has 1 atom stereocenters. The monoisotopic (exact) mass is 372 g/mol. The Morgan fingerprint density at radius 2 is 1.85 bits per heavy atom. The molecule has 1 aliphatic heterocycles. The van der Waals surface area contributed by atoms with Crippen LogP contribution in [0.2, 0.25) is 0 Å². The zero-order chi connectivity index (χ0) is 19.1. The topological polar surface area (TPSA) is 49.9 Å². The third kappa shape index (κ3) is 5.72. The lowest BCUT2D eigenvalue weighted by Gasteiger charge is -2.34. The van der Waals surface area contributed by atoms with E-state index >= 15 is 0 Å². The quantitative estimate of drug-likeness (QED) is 0.738. The molecule has 2 fully saturated rings. The van der Waals surface area contributed by atoms with Gasteiger partial charge >= 0.3 is 0 Å². The fourth-order valence-corrected chi connectivity index (χ4v) is 4.32. The van der Waals surface area contributed by atoms with E-state index in [1.807, 2.05) is 47.2 Å². The molecule has 27 heavy (non-hydrogen) atoms. The summed E-state index contributed by atoms with van der Waals surface area (Å²) in [6.45, 7) is 2.55. The largest absolute Gasteiger partial charge is 0.493 e. The van der Waals surface area contributed by atoms with Crippen LogP contribution in [0.15, 0.2) is 30.3 Å². The predicted molar refractivity (Wildman–Crippen MR) is 105 cm³/mol. The molecule has 2 aliphatic rings. The number of amides is 2. The van der Waals surface area contributed by atoms with E-state index in [4.69, 9.17) is 4.74 Å². The van der Waals surface area contributed by atoms with Crippen molar-refractivity contribution in [2.24, 2.45) is 11.8 Å². The summed E-state index contributed by atoms with van der Waals surface area (Å²) < 4.78 is 5.63. The van der Waals surface area contributed by atoms with Gasteiger partial charge in [-0.2, -0.15) is 0 Å². The van der Waals surface area contributed by atoms with E-state index in [1.54, 1.807) is 0 Å². The predicted octanol–water partition coefficient (Wildman–Crippen LogP) is 3.34. The molecule has 148 valence electrons. The molecule has 1 saturated carbocycles. The number of nitrogens with zero attached hydrogens (tertiary/aromatic N) is 2. The second-order valence-electron chi connectivity index (χ2n) is 7.96. The molecule has 0 spiro atoms. The Morgan fingerprint density at radius 3 is 2.59 bits per heavy atom. The van der Waals surface area contributed by atoms with Gasteiger partial charge in [-0.1, -0.05) is 31.0 Å². The zero-order valence-electron chi connectivity index (χ0n) is 16.4. The van der Waals surface area contributed by atoms with Gasteiger partial charge in [0.15, 0.2) is 0 Å². The van der Waals surface area contributed by atoms with Crippen molar-refractivity contribution in [1.82, 2.24) is 9.80 Å². The van der Waals surface area contributed by atoms with Crippen LogP contribution in [0.3, 0.4) is 0 Å². The van der Waals surface area contributed by atoms with Crippen molar-refractivity contribution in [3.63, 3.8) is 0 Å². The van der Waals surface area contributed by atoms with Crippen LogP contribution in [0.5, 0.6) is 5.75 Å². The molecule has 1 unspecified atom stereocenters. The Balaban J connectivity index is 1.43. The summed E-state index contributed by atoms with van der Waals surface area (Å²) in [5.74, 6) is 1.69.